The van der Waals surface area contributed by atoms with Crippen molar-refractivity contribution in [3.05, 3.63) is 0 Å². The first-order chi connectivity index (χ1) is 9.31. The van der Waals surface area contributed by atoms with Crippen LogP contribution in [0.25, 0.3) is 0 Å². The van der Waals surface area contributed by atoms with Crippen molar-refractivity contribution in [2.45, 2.75) is 65.0 Å². The molecule has 1 saturated heterocycles. The highest BCUT2D eigenvalue weighted by Crippen LogP contribution is 2.18. The van der Waals surface area contributed by atoms with E-state index in [4.69, 9.17) is 0 Å². The molecule has 0 saturated carbocycles. The number of likely N-dealkylation sites (N-methyl/N-ethyl adjacent to an activating group) is 1. The molecule has 1 N–H and O–H groups in total. The summed E-state index contributed by atoms with van der Waals surface area (Å²) in [6.45, 7) is 14.0. The van der Waals surface area contributed by atoms with E-state index in [-0.39, 0.29) is 5.54 Å². The minimum atomic E-state index is 0.223. The minimum absolute atomic E-state index is 0.223. The Balaban J connectivity index is 2.40. The highest BCUT2D eigenvalue weighted by atomic mass is 15.2. The van der Waals surface area contributed by atoms with Gasteiger partial charge < -0.3 is 15.1 Å². The molecule has 0 bridgehead atoms. The zero-order valence-corrected chi connectivity index (χ0v) is 14.7. The van der Waals surface area contributed by atoms with E-state index in [0.717, 1.165) is 12.5 Å². The lowest BCUT2D eigenvalue weighted by atomic mass is 9.95. The Hall–Kier alpha value is -0.120. The fourth-order valence-electron chi connectivity index (χ4n) is 3.04. The molecule has 0 amide bonds. The second-order valence-electron chi connectivity index (χ2n) is 7.76. The summed E-state index contributed by atoms with van der Waals surface area (Å²) < 4.78 is 0. The number of nitrogens with one attached hydrogen (secondary N) is 1. The van der Waals surface area contributed by atoms with Crippen LogP contribution in [0.2, 0.25) is 0 Å². The fourth-order valence-corrected chi connectivity index (χ4v) is 3.04. The highest BCUT2D eigenvalue weighted by Gasteiger charge is 2.22. The third-order valence-electron chi connectivity index (χ3n) is 4.50. The van der Waals surface area contributed by atoms with E-state index < -0.39 is 0 Å². The van der Waals surface area contributed by atoms with Gasteiger partial charge in [-0.15, -0.1) is 0 Å². The van der Waals surface area contributed by atoms with Crippen molar-refractivity contribution in [2.24, 2.45) is 5.92 Å². The van der Waals surface area contributed by atoms with E-state index in [0.29, 0.717) is 6.04 Å². The maximum absolute atomic E-state index is 3.68. The molecule has 120 valence electrons. The van der Waals surface area contributed by atoms with Crippen LogP contribution in [0.15, 0.2) is 0 Å². The first-order valence-corrected chi connectivity index (χ1v) is 8.45. The van der Waals surface area contributed by atoms with E-state index in [1.165, 1.54) is 45.3 Å². The molecule has 20 heavy (non-hydrogen) atoms. The van der Waals surface area contributed by atoms with Gasteiger partial charge in [-0.3, -0.25) is 0 Å². The monoisotopic (exact) mass is 283 g/mol. The molecule has 1 rings (SSSR count). The number of nitrogens with zero attached hydrogens (tertiary/aromatic N) is 2. The van der Waals surface area contributed by atoms with Gasteiger partial charge in [0.15, 0.2) is 0 Å². The van der Waals surface area contributed by atoms with Gasteiger partial charge >= 0.3 is 0 Å². The van der Waals surface area contributed by atoms with Gasteiger partial charge in [-0.2, -0.15) is 0 Å². The molecule has 0 aromatic carbocycles. The zero-order chi connectivity index (χ0) is 15.2. The molecular formula is C17H37N3. The topological polar surface area (TPSA) is 18.5 Å². The molecule has 0 spiro atoms. The molecule has 1 aliphatic rings. The van der Waals surface area contributed by atoms with Crippen molar-refractivity contribution < 1.29 is 0 Å². The minimum Gasteiger partial charge on any atom is -0.311 e. The molecule has 1 unspecified atom stereocenters. The Morgan fingerprint density at radius 3 is 2.35 bits per heavy atom. The van der Waals surface area contributed by atoms with Crippen LogP contribution in [0, 0.1) is 5.92 Å². The Bertz CT molecular complexity index is 251. The summed E-state index contributed by atoms with van der Waals surface area (Å²) in [5.41, 5.74) is 0.223. The highest BCUT2D eigenvalue weighted by molar-refractivity contribution is 4.80. The van der Waals surface area contributed by atoms with Crippen molar-refractivity contribution in [1.82, 2.24) is 15.1 Å². The van der Waals surface area contributed by atoms with E-state index in [1.807, 2.05) is 0 Å². The summed E-state index contributed by atoms with van der Waals surface area (Å²) in [6.07, 6.45) is 5.30. The average Bonchev–Trinajstić information content (AvgIpc) is 2.36. The molecule has 1 fully saturated rings. The summed E-state index contributed by atoms with van der Waals surface area (Å²) in [4.78, 5) is 5.07. The van der Waals surface area contributed by atoms with E-state index in [2.05, 4.69) is 56.9 Å². The number of piperidine rings is 1. The molecule has 0 aliphatic carbocycles. The lowest BCUT2D eigenvalue weighted by molar-refractivity contribution is 0.139. The van der Waals surface area contributed by atoms with Gasteiger partial charge in [0.2, 0.25) is 0 Å². The molecule has 3 nitrogen and oxygen atoms in total. The summed E-state index contributed by atoms with van der Waals surface area (Å²) in [5, 5.41) is 3.68. The van der Waals surface area contributed by atoms with Crippen molar-refractivity contribution >= 4 is 0 Å². The lowest BCUT2D eigenvalue weighted by Gasteiger charge is -2.36. The maximum atomic E-state index is 3.68. The van der Waals surface area contributed by atoms with Crippen LogP contribution in [-0.2, 0) is 0 Å². The van der Waals surface area contributed by atoms with Gasteiger partial charge in [0, 0.05) is 24.7 Å². The van der Waals surface area contributed by atoms with Crippen molar-refractivity contribution in [2.75, 3.05) is 40.3 Å². The molecule has 1 heterocycles. The standard InChI is InChI=1S/C17H37N3/c1-7-8-16(13-18-17(2,3)4)20(6)14-15-9-11-19(5)12-10-15/h15-16,18H,7-14H2,1-6H3. The number of hydrogen-bond acceptors (Lipinski definition) is 3. The smallest absolute Gasteiger partial charge is 0.0217 e. The third kappa shape index (κ3) is 7.05. The average molecular weight is 284 g/mol. The zero-order valence-electron chi connectivity index (χ0n) is 14.7. The van der Waals surface area contributed by atoms with Gasteiger partial charge in [-0.05, 0) is 73.1 Å². The van der Waals surface area contributed by atoms with Gasteiger partial charge in [-0.25, -0.2) is 0 Å². The maximum Gasteiger partial charge on any atom is 0.0217 e. The van der Waals surface area contributed by atoms with Crippen LogP contribution in [0.3, 0.4) is 0 Å². The number of rotatable bonds is 7. The van der Waals surface area contributed by atoms with Crippen LogP contribution in [0.1, 0.15) is 53.4 Å². The van der Waals surface area contributed by atoms with Crippen LogP contribution in [-0.4, -0.2) is 61.7 Å². The van der Waals surface area contributed by atoms with Crippen molar-refractivity contribution in [1.29, 1.82) is 0 Å². The summed E-state index contributed by atoms with van der Waals surface area (Å²) >= 11 is 0. The molecule has 0 aromatic rings. The Labute approximate surface area is 127 Å². The molecule has 0 aromatic heterocycles. The summed E-state index contributed by atoms with van der Waals surface area (Å²) in [5.74, 6) is 0.894. The van der Waals surface area contributed by atoms with Gasteiger partial charge in [0.1, 0.15) is 0 Å². The van der Waals surface area contributed by atoms with Gasteiger partial charge in [0.05, 0.1) is 0 Å². The quantitative estimate of drug-likeness (QED) is 0.775. The van der Waals surface area contributed by atoms with Crippen LogP contribution < -0.4 is 5.32 Å². The van der Waals surface area contributed by atoms with Crippen LogP contribution >= 0.6 is 0 Å². The van der Waals surface area contributed by atoms with E-state index >= 15 is 0 Å². The Kier molecular flexibility index (Phi) is 7.49. The third-order valence-corrected chi connectivity index (χ3v) is 4.50. The Morgan fingerprint density at radius 2 is 1.85 bits per heavy atom. The van der Waals surface area contributed by atoms with Crippen LogP contribution in [0.5, 0.6) is 0 Å². The molecule has 3 heteroatoms. The predicted octanol–water partition coefficient (Wildman–Crippen LogP) is 2.82. The Morgan fingerprint density at radius 1 is 1.25 bits per heavy atom. The second kappa shape index (κ2) is 8.35. The molecular weight excluding hydrogens is 246 g/mol. The normalized spacial score (nSPS) is 20.6. The molecule has 0 radical (unpaired) electrons. The predicted molar refractivity (Wildman–Crippen MR) is 89.3 cm³/mol. The van der Waals surface area contributed by atoms with Crippen molar-refractivity contribution in [3.63, 3.8) is 0 Å². The van der Waals surface area contributed by atoms with Gasteiger partial charge in [-0.1, -0.05) is 13.3 Å². The largest absolute Gasteiger partial charge is 0.311 e. The molecule has 1 atom stereocenters. The summed E-state index contributed by atoms with van der Waals surface area (Å²) in [6, 6.07) is 0.680. The van der Waals surface area contributed by atoms with E-state index in [9.17, 15) is 0 Å². The second-order valence-corrected chi connectivity index (χ2v) is 7.76. The first kappa shape index (κ1) is 17.9. The van der Waals surface area contributed by atoms with E-state index in [1.54, 1.807) is 0 Å². The van der Waals surface area contributed by atoms with Crippen molar-refractivity contribution in [3.8, 4) is 0 Å². The lowest BCUT2D eigenvalue weighted by Crippen LogP contribution is -2.48. The van der Waals surface area contributed by atoms with Gasteiger partial charge in [0.25, 0.3) is 0 Å². The SMILES string of the molecule is CCCC(CNC(C)(C)C)N(C)CC1CCN(C)CC1. The number of likely N-dealkylation sites (tertiary alicyclic amines) is 1. The first-order valence-electron chi connectivity index (χ1n) is 8.45. The number of hydrogen-bond donors (Lipinski definition) is 1. The molecule has 1 aliphatic heterocycles. The summed E-state index contributed by atoms with van der Waals surface area (Å²) in [7, 11) is 4.57. The van der Waals surface area contributed by atoms with Crippen LogP contribution in [0.4, 0.5) is 0 Å². The fraction of sp³-hybridized carbons (Fsp3) is 1.00.